The minimum absolute atomic E-state index is 0.687. The minimum Gasteiger partial charge on any atom is -0.346 e. The maximum atomic E-state index is 5.90. The summed E-state index contributed by atoms with van der Waals surface area (Å²) >= 11 is 7.67. The van der Waals surface area contributed by atoms with E-state index in [4.69, 9.17) is 11.6 Å². The molecule has 4 nitrogen and oxygen atoms in total. The van der Waals surface area contributed by atoms with Crippen molar-refractivity contribution in [2.45, 2.75) is 6.54 Å². The quantitative estimate of drug-likeness (QED) is 0.689. The van der Waals surface area contributed by atoms with E-state index in [0.717, 1.165) is 43.5 Å². The van der Waals surface area contributed by atoms with Crippen LogP contribution in [0.3, 0.4) is 0 Å². The molecule has 1 aliphatic rings. The molecule has 1 fully saturated rings. The Morgan fingerprint density at radius 1 is 0.920 bits per heavy atom. The zero-order valence-electron chi connectivity index (χ0n) is 13.8. The predicted octanol–water partition coefficient (Wildman–Crippen LogP) is 4.18. The van der Waals surface area contributed by atoms with Gasteiger partial charge in [-0.05, 0) is 17.7 Å². The van der Waals surface area contributed by atoms with E-state index in [2.05, 4.69) is 44.0 Å². The molecule has 0 spiro atoms. The number of halogens is 1. The topological polar surface area (TPSA) is 32.3 Å². The summed E-state index contributed by atoms with van der Waals surface area (Å²) in [5.74, 6) is 0. The Balaban J connectivity index is 1.36. The van der Waals surface area contributed by atoms with Gasteiger partial charge in [-0.1, -0.05) is 53.3 Å². The number of hydrogen-bond donors (Lipinski definition) is 0. The maximum absolute atomic E-state index is 5.90. The molecular weight excluding hydrogens is 352 g/mol. The number of benzene rings is 1. The van der Waals surface area contributed by atoms with Crippen LogP contribution in [-0.4, -0.2) is 41.0 Å². The first-order valence-corrected chi connectivity index (χ1v) is 9.56. The molecule has 1 saturated heterocycles. The van der Waals surface area contributed by atoms with Crippen molar-refractivity contribution in [3.8, 4) is 10.4 Å². The van der Waals surface area contributed by atoms with Gasteiger partial charge in [0.1, 0.15) is 0 Å². The molecule has 4 rings (SSSR count). The standard InChI is InChI=1S/C19H19ClN4S/c20-16-6-7-17(21-12-16)14-23-8-10-24(11-9-23)19-22-13-18(25-19)15-4-2-1-3-5-15/h1-7,12-13H,8-11,14H2. The van der Waals surface area contributed by atoms with Crippen molar-refractivity contribution in [1.29, 1.82) is 0 Å². The SMILES string of the molecule is Clc1ccc(CN2CCN(c3ncc(-c4ccccc4)s3)CC2)nc1. The van der Waals surface area contributed by atoms with Crippen LogP contribution < -0.4 is 4.90 Å². The van der Waals surface area contributed by atoms with E-state index < -0.39 is 0 Å². The van der Waals surface area contributed by atoms with Gasteiger partial charge in [0.05, 0.1) is 15.6 Å². The molecule has 0 saturated carbocycles. The lowest BCUT2D eigenvalue weighted by Crippen LogP contribution is -2.46. The second-order valence-electron chi connectivity index (χ2n) is 6.10. The van der Waals surface area contributed by atoms with Gasteiger partial charge in [-0.2, -0.15) is 0 Å². The first kappa shape index (κ1) is 16.5. The number of thiazole rings is 1. The van der Waals surface area contributed by atoms with Crippen molar-refractivity contribution >= 4 is 28.1 Å². The Morgan fingerprint density at radius 3 is 2.44 bits per heavy atom. The molecule has 1 aromatic carbocycles. The van der Waals surface area contributed by atoms with Gasteiger partial charge in [0, 0.05) is 45.1 Å². The smallest absolute Gasteiger partial charge is 0.185 e. The van der Waals surface area contributed by atoms with E-state index in [9.17, 15) is 0 Å². The van der Waals surface area contributed by atoms with Crippen LogP contribution in [0.5, 0.6) is 0 Å². The molecule has 0 radical (unpaired) electrons. The van der Waals surface area contributed by atoms with E-state index in [1.165, 1.54) is 10.4 Å². The van der Waals surface area contributed by atoms with Crippen LogP contribution in [0.4, 0.5) is 5.13 Å². The van der Waals surface area contributed by atoms with Crippen LogP contribution in [0.25, 0.3) is 10.4 Å². The van der Waals surface area contributed by atoms with Crippen LogP contribution >= 0.6 is 22.9 Å². The van der Waals surface area contributed by atoms with Crippen molar-refractivity contribution in [3.63, 3.8) is 0 Å². The molecule has 6 heteroatoms. The Morgan fingerprint density at radius 2 is 1.72 bits per heavy atom. The molecule has 3 heterocycles. The molecule has 3 aromatic rings. The van der Waals surface area contributed by atoms with Gasteiger partial charge in [-0.3, -0.25) is 9.88 Å². The summed E-state index contributed by atoms with van der Waals surface area (Å²) in [6, 6.07) is 14.3. The monoisotopic (exact) mass is 370 g/mol. The molecule has 25 heavy (non-hydrogen) atoms. The average molecular weight is 371 g/mol. The first-order valence-electron chi connectivity index (χ1n) is 8.37. The Bertz CT molecular complexity index is 811. The van der Waals surface area contributed by atoms with Gasteiger partial charge < -0.3 is 4.90 Å². The highest BCUT2D eigenvalue weighted by molar-refractivity contribution is 7.18. The number of anilines is 1. The zero-order valence-corrected chi connectivity index (χ0v) is 15.4. The van der Waals surface area contributed by atoms with E-state index in [-0.39, 0.29) is 0 Å². The fraction of sp³-hybridized carbons (Fsp3) is 0.263. The van der Waals surface area contributed by atoms with E-state index in [0.29, 0.717) is 5.02 Å². The van der Waals surface area contributed by atoms with Gasteiger partial charge in [0.25, 0.3) is 0 Å². The molecule has 2 aromatic heterocycles. The van der Waals surface area contributed by atoms with Gasteiger partial charge in [-0.25, -0.2) is 4.98 Å². The second-order valence-corrected chi connectivity index (χ2v) is 7.55. The van der Waals surface area contributed by atoms with Gasteiger partial charge in [0.2, 0.25) is 0 Å². The summed E-state index contributed by atoms with van der Waals surface area (Å²) in [6.07, 6.45) is 3.70. The molecule has 0 atom stereocenters. The summed E-state index contributed by atoms with van der Waals surface area (Å²) in [7, 11) is 0. The maximum Gasteiger partial charge on any atom is 0.185 e. The lowest BCUT2D eigenvalue weighted by atomic mass is 10.2. The number of piperazine rings is 1. The number of nitrogens with zero attached hydrogens (tertiary/aromatic N) is 4. The lowest BCUT2D eigenvalue weighted by Gasteiger charge is -2.34. The minimum atomic E-state index is 0.687. The Labute approximate surface area is 156 Å². The van der Waals surface area contributed by atoms with Gasteiger partial charge >= 0.3 is 0 Å². The third kappa shape index (κ3) is 4.00. The van der Waals surface area contributed by atoms with Crippen molar-refractivity contribution in [1.82, 2.24) is 14.9 Å². The van der Waals surface area contributed by atoms with Crippen LogP contribution in [-0.2, 0) is 6.54 Å². The highest BCUT2D eigenvalue weighted by Gasteiger charge is 2.20. The summed E-state index contributed by atoms with van der Waals surface area (Å²) in [5, 5.41) is 1.80. The van der Waals surface area contributed by atoms with Crippen LogP contribution in [0.2, 0.25) is 5.02 Å². The normalized spacial score (nSPS) is 15.5. The molecule has 0 unspecified atom stereocenters. The van der Waals surface area contributed by atoms with E-state index in [1.54, 1.807) is 17.5 Å². The van der Waals surface area contributed by atoms with Crippen LogP contribution in [0.1, 0.15) is 5.69 Å². The van der Waals surface area contributed by atoms with Crippen LogP contribution in [0.15, 0.2) is 54.9 Å². The fourth-order valence-corrected chi connectivity index (χ4v) is 4.06. The highest BCUT2D eigenvalue weighted by Crippen LogP contribution is 2.31. The molecular formula is C19H19ClN4S. The van der Waals surface area contributed by atoms with Crippen molar-refractivity contribution in [2.24, 2.45) is 0 Å². The Kier molecular flexibility index (Phi) is 4.97. The lowest BCUT2D eigenvalue weighted by molar-refractivity contribution is 0.247. The number of aromatic nitrogens is 2. The predicted molar refractivity (Wildman–Crippen MR) is 104 cm³/mol. The number of hydrogen-bond acceptors (Lipinski definition) is 5. The van der Waals surface area contributed by atoms with Gasteiger partial charge in [-0.15, -0.1) is 0 Å². The van der Waals surface area contributed by atoms with Crippen LogP contribution in [0, 0.1) is 0 Å². The third-order valence-corrected chi connectivity index (χ3v) is 5.70. The fourth-order valence-electron chi connectivity index (χ4n) is 2.97. The largest absolute Gasteiger partial charge is 0.346 e. The van der Waals surface area contributed by atoms with Crippen molar-refractivity contribution < 1.29 is 0 Å². The molecule has 128 valence electrons. The third-order valence-electron chi connectivity index (χ3n) is 4.37. The Hall–Kier alpha value is -1.95. The van der Waals surface area contributed by atoms with Crippen molar-refractivity contribution in [2.75, 3.05) is 31.1 Å². The van der Waals surface area contributed by atoms with Crippen molar-refractivity contribution in [3.05, 3.63) is 65.6 Å². The highest BCUT2D eigenvalue weighted by atomic mass is 35.5. The molecule has 1 aliphatic heterocycles. The van der Waals surface area contributed by atoms with E-state index >= 15 is 0 Å². The van der Waals surface area contributed by atoms with E-state index in [1.807, 2.05) is 24.4 Å². The summed E-state index contributed by atoms with van der Waals surface area (Å²) in [4.78, 5) is 15.1. The number of rotatable bonds is 4. The first-order chi connectivity index (χ1) is 12.3. The summed E-state index contributed by atoms with van der Waals surface area (Å²) in [6.45, 7) is 4.90. The number of pyridine rings is 1. The summed E-state index contributed by atoms with van der Waals surface area (Å²) < 4.78 is 0. The molecule has 0 bridgehead atoms. The average Bonchev–Trinajstić information content (AvgIpc) is 3.15. The second kappa shape index (κ2) is 7.52. The molecule has 0 amide bonds. The molecule has 0 N–H and O–H groups in total. The summed E-state index contributed by atoms with van der Waals surface area (Å²) in [5.41, 5.74) is 2.30. The molecule has 0 aliphatic carbocycles. The zero-order chi connectivity index (χ0) is 17.1. The van der Waals surface area contributed by atoms with Gasteiger partial charge in [0.15, 0.2) is 5.13 Å².